The fourth-order valence-corrected chi connectivity index (χ4v) is 1.21. The number of nitrogens with zero attached hydrogens (tertiary/aromatic N) is 1. The fraction of sp³-hybridized carbons (Fsp3) is 0.600. The maximum atomic E-state index is 11.4. The zero-order valence-corrected chi connectivity index (χ0v) is 8.65. The predicted octanol–water partition coefficient (Wildman–Crippen LogP) is 0.318. The van der Waals surface area contributed by atoms with E-state index in [1.165, 1.54) is 6.08 Å². The standard InChI is InChI=1S/C10H15NO3/c1-6(2)8(12)5-11-9(13)4-7(3)10(11)14/h4,6,8,12H,5H2,1-3H3. The summed E-state index contributed by atoms with van der Waals surface area (Å²) in [6, 6.07) is 0. The summed E-state index contributed by atoms with van der Waals surface area (Å²) < 4.78 is 0. The molecule has 0 radical (unpaired) electrons. The molecule has 0 saturated carbocycles. The maximum Gasteiger partial charge on any atom is 0.256 e. The zero-order valence-electron chi connectivity index (χ0n) is 8.65. The Morgan fingerprint density at radius 2 is 2.00 bits per heavy atom. The van der Waals surface area contributed by atoms with Gasteiger partial charge in [-0.05, 0) is 12.8 Å². The molecule has 4 nitrogen and oxygen atoms in total. The Morgan fingerprint density at radius 3 is 2.36 bits per heavy atom. The van der Waals surface area contributed by atoms with Crippen LogP contribution < -0.4 is 0 Å². The Kier molecular flexibility index (Phi) is 3.06. The van der Waals surface area contributed by atoms with Crippen molar-refractivity contribution in [3.8, 4) is 0 Å². The summed E-state index contributed by atoms with van der Waals surface area (Å²) in [4.78, 5) is 23.8. The van der Waals surface area contributed by atoms with Crippen molar-refractivity contribution in [3.05, 3.63) is 11.6 Å². The molecule has 14 heavy (non-hydrogen) atoms. The van der Waals surface area contributed by atoms with Crippen LogP contribution in [0.2, 0.25) is 0 Å². The Labute approximate surface area is 83.2 Å². The molecule has 78 valence electrons. The van der Waals surface area contributed by atoms with Crippen LogP contribution in [0.4, 0.5) is 0 Å². The van der Waals surface area contributed by atoms with Gasteiger partial charge in [-0.3, -0.25) is 14.5 Å². The van der Waals surface area contributed by atoms with E-state index in [0.717, 1.165) is 4.90 Å². The van der Waals surface area contributed by atoms with Gasteiger partial charge in [0.1, 0.15) is 0 Å². The van der Waals surface area contributed by atoms with E-state index in [9.17, 15) is 14.7 Å². The summed E-state index contributed by atoms with van der Waals surface area (Å²) in [5.74, 6) is -0.585. The van der Waals surface area contributed by atoms with Crippen LogP contribution in [0.3, 0.4) is 0 Å². The smallest absolute Gasteiger partial charge is 0.256 e. The van der Waals surface area contributed by atoms with E-state index < -0.39 is 6.10 Å². The van der Waals surface area contributed by atoms with Gasteiger partial charge in [0.05, 0.1) is 12.6 Å². The average Bonchev–Trinajstić information content (AvgIpc) is 2.32. The lowest BCUT2D eigenvalue weighted by molar-refractivity contribution is -0.139. The summed E-state index contributed by atoms with van der Waals surface area (Å²) in [6.07, 6.45) is 0.650. The minimum absolute atomic E-state index is 0.0384. The number of aliphatic hydroxyl groups is 1. The highest BCUT2D eigenvalue weighted by molar-refractivity contribution is 6.15. The third kappa shape index (κ3) is 2.01. The molecule has 1 aliphatic heterocycles. The van der Waals surface area contributed by atoms with Gasteiger partial charge in [0.25, 0.3) is 11.8 Å². The lowest BCUT2D eigenvalue weighted by Crippen LogP contribution is -2.39. The third-order valence-corrected chi connectivity index (χ3v) is 2.33. The topological polar surface area (TPSA) is 57.6 Å². The molecule has 0 bridgehead atoms. The van der Waals surface area contributed by atoms with Gasteiger partial charge in [-0.25, -0.2) is 0 Å². The summed E-state index contributed by atoms with van der Waals surface area (Å²) in [7, 11) is 0. The quantitative estimate of drug-likeness (QED) is 0.663. The van der Waals surface area contributed by atoms with Gasteiger partial charge in [0.2, 0.25) is 0 Å². The van der Waals surface area contributed by atoms with Crippen LogP contribution in [0.25, 0.3) is 0 Å². The van der Waals surface area contributed by atoms with Crippen LogP contribution in [0.15, 0.2) is 11.6 Å². The van der Waals surface area contributed by atoms with E-state index in [4.69, 9.17) is 0 Å². The number of hydrogen-bond acceptors (Lipinski definition) is 3. The van der Waals surface area contributed by atoms with Gasteiger partial charge in [0, 0.05) is 11.6 Å². The van der Waals surface area contributed by atoms with Crippen molar-refractivity contribution < 1.29 is 14.7 Å². The first kappa shape index (κ1) is 10.9. The molecular formula is C10H15NO3. The van der Waals surface area contributed by atoms with Crippen molar-refractivity contribution >= 4 is 11.8 Å². The fourth-order valence-electron chi connectivity index (χ4n) is 1.21. The molecule has 0 spiro atoms. The molecule has 0 aromatic heterocycles. The summed E-state index contributed by atoms with van der Waals surface area (Å²) in [6.45, 7) is 5.37. The molecule has 1 heterocycles. The van der Waals surface area contributed by atoms with Crippen LogP contribution in [-0.4, -0.2) is 34.5 Å². The number of carbonyl (C=O) groups excluding carboxylic acids is 2. The minimum atomic E-state index is -0.651. The molecule has 0 aliphatic carbocycles. The lowest BCUT2D eigenvalue weighted by atomic mass is 10.1. The first-order valence-electron chi connectivity index (χ1n) is 4.65. The monoisotopic (exact) mass is 197 g/mol. The second-order valence-corrected chi connectivity index (χ2v) is 3.89. The van der Waals surface area contributed by atoms with Gasteiger partial charge in [0.15, 0.2) is 0 Å². The average molecular weight is 197 g/mol. The van der Waals surface area contributed by atoms with Crippen LogP contribution in [0, 0.1) is 5.92 Å². The van der Waals surface area contributed by atoms with Gasteiger partial charge in [-0.2, -0.15) is 0 Å². The molecule has 1 N–H and O–H groups in total. The van der Waals surface area contributed by atoms with E-state index in [2.05, 4.69) is 0 Å². The van der Waals surface area contributed by atoms with Gasteiger partial charge in [-0.1, -0.05) is 13.8 Å². The van der Waals surface area contributed by atoms with E-state index in [1.807, 2.05) is 13.8 Å². The molecule has 0 aromatic carbocycles. The number of aliphatic hydroxyl groups excluding tert-OH is 1. The first-order valence-corrected chi connectivity index (χ1v) is 4.65. The number of carbonyl (C=O) groups is 2. The summed E-state index contributed by atoms with van der Waals surface area (Å²) >= 11 is 0. The van der Waals surface area contributed by atoms with Crippen LogP contribution >= 0.6 is 0 Å². The molecule has 1 unspecified atom stereocenters. The van der Waals surface area contributed by atoms with Gasteiger partial charge < -0.3 is 5.11 Å². The van der Waals surface area contributed by atoms with Crippen molar-refractivity contribution in [2.75, 3.05) is 6.54 Å². The lowest BCUT2D eigenvalue weighted by Gasteiger charge is -2.21. The summed E-state index contributed by atoms with van der Waals surface area (Å²) in [5.41, 5.74) is 0.436. The Bertz CT molecular complexity index is 294. The maximum absolute atomic E-state index is 11.4. The highest BCUT2D eigenvalue weighted by atomic mass is 16.3. The Hall–Kier alpha value is -1.16. The predicted molar refractivity (Wildman–Crippen MR) is 51.3 cm³/mol. The molecule has 0 fully saturated rings. The first-order chi connectivity index (χ1) is 6.43. The molecular weight excluding hydrogens is 182 g/mol. The molecule has 1 atom stereocenters. The van der Waals surface area contributed by atoms with E-state index in [-0.39, 0.29) is 24.3 Å². The van der Waals surface area contributed by atoms with Crippen LogP contribution in [0.5, 0.6) is 0 Å². The number of amides is 2. The molecule has 2 amide bonds. The molecule has 1 rings (SSSR count). The van der Waals surface area contributed by atoms with Crippen molar-refractivity contribution in [1.82, 2.24) is 4.90 Å². The number of imide groups is 1. The van der Waals surface area contributed by atoms with Crippen LogP contribution in [-0.2, 0) is 9.59 Å². The molecule has 0 saturated heterocycles. The number of β-amino-alcohol motifs (C(OH)–C–C–N with tert-alkyl or cyclic N) is 1. The SMILES string of the molecule is CC1=CC(=O)N(CC(O)C(C)C)C1=O. The van der Waals surface area contributed by atoms with Crippen molar-refractivity contribution in [2.45, 2.75) is 26.9 Å². The van der Waals surface area contributed by atoms with Crippen LogP contribution in [0.1, 0.15) is 20.8 Å². The number of hydrogen-bond donors (Lipinski definition) is 1. The molecule has 0 aromatic rings. The van der Waals surface area contributed by atoms with Crippen molar-refractivity contribution in [2.24, 2.45) is 5.92 Å². The normalized spacial score (nSPS) is 19.2. The van der Waals surface area contributed by atoms with E-state index in [1.54, 1.807) is 6.92 Å². The minimum Gasteiger partial charge on any atom is -0.391 e. The second-order valence-electron chi connectivity index (χ2n) is 3.89. The van der Waals surface area contributed by atoms with E-state index >= 15 is 0 Å². The molecule has 4 heteroatoms. The highest BCUT2D eigenvalue weighted by Gasteiger charge is 2.30. The van der Waals surface area contributed by atoms with E-state index in [0.29, 0.717) is 5.57 Å². The van der Waals surface area contributed by atoms with Gasteiger partial charge >= 0.3 is 0 Å². The largest absolute Gasteiger partial charge is 0.391 e. The van der Waals surface area contributed by atoms with Crippen molar-refractivity contribution in [1.29, 1.82) is 0 Å². The van der Waals surface area contributed by atoms with Crippen molar-refractivity contribution in [3.63, 3.8) is 0 Å². The Balaban J connectivity index is 2.64. The zero-order chi connectivity index (χ0) is 10.9. The second kappa shape index (κ2) is 3.92. The van der Waals surface area contributed by atoms with Gasteiger partial charge in [-0.15, -0.1) is 0 Å². The third-order valence-electron chi connectivity index (χ3n) is 2.33. The highest BCUT2D eigenvalue weighted by Crippen LogP contribution is 2.14. The Morgan fingerprint density at radius 1 is 1.43 bits per heavy atom. The summed E-state index contributed by atoms with van der Waals surface area (Å²) in [5, 5.41) is 9.54. The molecule has 1 aliphatic rings. The number of rotatable bonds is 3.